The van der Waals surface area contributed by atoms with Crippen LogP contribution in [0.1, 0.15) is 11.6 Å². The zero-order valence-corrected chi connectivity index (χ0v) is 16.8. The molecule has 140 valence electrons. The van der Waals surface area contributed by atoms with Crippen LogP contribution in [0, 0.1) is 0 Å². The largest absolute Gasteiger partial charge is 0.455 e. The van der Waals surface area contributed by atoms with E-state index in [-0.39, 0.29) is 18.9 Å². The van der Waals surface area contributed by atoms with Crippen molar-refractivity contribution in [3.8, 4) is 22.1 Å². The number of carbonyl (C=O) groups excluding carboxylic acids is 1. The van der Waals surface area contributed by atoms with Gasteiger partial charge >= 0.3 is 5.97 Å². The lowest BCUT2D eigenvalue weighted by atomic mass is 10.2. The number of carbonyl (C=O) groups is 1. The van der Waals surface area contributed by atoms with Crippen LogP contribution in [0.2, 0.25) is 0 Å². The van der Waals surface area contributed by atoms with Crippen molar-refractivity contribution in [2.45, 2.75) is 13.0 Å². The van der Waals surface area contributed by atoms with Crippen molar-refractivity contribution in [3.63, 3.8) is 0 Å². The average molecular weight is 457 g/mol. The highest BCUT2D eigenvalue weighted by molar-refractivity contribution is 9.10. The fraction of sp³-hybridized carbons (Fsp3) is 0.105. The Kier molecular flexibility index (Phi) is 5.54. The van der Waals surface area contributed by atoms with Crippen LogP contribution < -0.4 is 0 Å². The molecule has 0 aliphatic carbocycles. The first-order chi connectivity index (χ1) is 13.7. The second kappa shape index (κ2) is 8.41. The minimum atomic E-state index is -0.417. The molecular weight excluding hydrogens is 444 g/mol. The van der Waals surface area contributed by atoms with Gasteiger partial charge in [0.2, 0.25) is 5.82 Å². The maximum absolute atomic E-state index is 12.1. The second-order valence-electron chi connectivity index (χ2n) is 5.72. The Bertz CT molecular complexity index is 1100. The predicted molar refractivity (Wildman–Crippen MR) is 106 cm³/mol. The summed E-state index contributed by atoms with van der Waals surface area (Å²) in [5.41, 5.74) is 2.22. The highest BCUT2D eigenvalue weighted by Gasteiger charge is 2.14. The third-order valence-electron chi connectivity index (χ3n) is 3.67. The minimum Gasteiger partial charge on any atom is -0.455 e. The molecule has 0 unspecified atom stereocenters. The standard InChI is InChI=1S/C19H13BrN4O3S/c20-13-5-3-4-12(8-13)18-23-16(27-24-18)10-26-17(25)9-14-11-28-19(22-14)15-6-1-2-7-21-15/h1-8,11H,9-10H2. The van der Waals surface area contributed by atoms with Crippen LogP contribution in [0.15, 0.2) is 63.0 Å². The number of pyridine rings is 1. The van der Waals surface area contributed by atoms with Crippen LogP contribution >= 0.6 is 27.3 Å². The molecule has 0 N–H and O–H groups in total. The lowest BCUT2D eigenvalue weighted by Gasteiger charge is -1.99. The summed E-state index contributed by atoms with van der Waals surface area (Å²) in [6.07, 6.45) is 1.77. The second-order valence-corrected chi connectivity index (χ2v) is 7.49. The number of thiazole rings is 1. The number of rotatable bonds is 6. The van der Waals surface area contributed by atoms with Crippen molar-refractivity contribution in [1.29, 1.82) is 0 Å². The van der Waals surface area contributed by atoms with Crippen LogP contribution in [-0.2, 0) is 22.6 Å². The van der Waals surface area contributed by atoms with E-state index in [1.54, 1.807) is 6.20 Å². The van der Waals surface area contributed by atoms with Gasteiger partial charge in [-0.1, -0.05) is 39.3 Å². The summed E-state index contributed by atoms with van der Waals surface area (Å²) in [5.74, 6) is 0.253. The Morgan fingerprint density at radius 2 is 2.11 bits per heavy atom. The molecular formula is C19H13BrN4O3S. The molecule has 3 aromatic heterocycles. The monoisotopic (exact) mass is 456 g/mol. The number of nitrogens with zero attached hydrogens (tertiary/aromatic N) is 4. The summed E-state index contributed by atoms with van der Waals surface area (Å²) >= 11 is 4.83. The number of hydrogen-bond donors (Lipinski definition) is 0. The van der Waals surface area contributed by atoms with E-state index in [1.165, 1.54) is 11.3 Å². The summed E-state index contributed by atoms with van der Waals surface area (Å²) in [6, 6.07) is 13.1. The van der Waals surface area contributed by atoms with Gasteiger partial charge in [-0.05, 0) is 24.3 Å². The fourth-order valence-electron chi connectivity index (χ4n) is 2.39. The maximum Gasteiger partial charge on any atom is 0.312 e. The number of aromatic nitrogens is 4. The van der Waals surface area contributed by atoms with Gasteiger partial charge < -0.3 is 9.26 Å². The van der Waals surface area contributed by atoms with Gasteiger partial charge in [0.15, 0.2) is 6.61 Å². The van der Waals surface area contributed by atoms with Crippen LogP contribution in [0.4, 0.5) is 0 Å². The molecule has 1 aromatic carbocycles. The molecule has 0 spiro atoms. The lowest BCUT2D eigenvalue weighted by Crippen LogP contribution is -2.08. The average Bonchev–Trinajstić information content (AvgIpc) is 3.37. The zero-order valence-electron chi connectivity index (χ0n) is 14.4. The summed E-state index contributed by atoms with van der Waals surface area (Å²) in [7, 11) is 0. The minimum absolute atomic E-state index is 0.0654. The predicted octanol–water partition coefficient (Wildman–Crippen LogP) is 4.30. The van der Waals surface area contributed by atoms with Gasteiger partial charge in [0, 0.05) is 21.6 Å². The molecule has 0 bridgehead atoms. The molecule has 0 fully saturated rings. The Labute approximate surface area is 172 Å². The van der Waals surface area contributed by atoms with Gasteiger partial charge in [-0.25, -0.2) is 4.98 Å². The molecule has 4 aromatic rings. The van der Waals surface area contributed by atoms with E-state index in [4.69, 9.17) is 9.26 Å². The molecule has 0 aliphatic heterocycles. The summed E-state index contributed by atoms with van der Waals surface area (Å²) in [4.78, 5) is 25.0. The number of benzene rings is 1. The van der Waals surface area contributed by atoms with E-state index < -0.39 is 5.97 Å². The molecule has 0 atom stereocenters. The highest BCUT2D eigenvalue weighted by Crippen LogP contribution is 2.22. The first-order valence-electron chi connectivity index (χ1n) is 8.27. The summed E-state index contributed by atoms with van der Waals surface area (Å²) in [6.45, 7) is -0.0862. The van der Waals surface area contributed by atoms with E-state index in [0.29, 0.717) is 11.5 Å². The van der Waals surface area contributed by atoms with E-state index >= 15 is 0 Å². The lowest BCUT2D eigenvalue weighted by molar-refractivity contribution is -0.144. The van der Waals surface area contributed by atoms with Gasteiger partial charge in [-0.3, -0.25) is 9.78 Å². The molecule has 3 heterocycles. The third-order valence-corrected chi connectivity index (χ3v) is 5.08. The number of ether oxygens (including phenoxy) is 1. The van der Waals surface area contributed by atoms with E-state index in [9.17, 15) is 4.79 Å². The molecule has 0 saturated heterocycles. The molecule has 0 amide bonds. The quantitative estimate of drug-likeness (QED) is 0.399. The van der Waals surface area contributed by atoms with E-state index in [1.807, 2.05) is 47.8 Å². The van der Waals surface area contributed by atoms with Crippen molar-refractivity contribution in [2.75, 3.05) is 0 Å². The molecule has 0 aliphatic rings. The number of halogens is 1. The van der Waals surface area contributed by atoms with Gasteiger partial charge in [-0.2, -0.15) is 4.98 Å². The van der Waals surface area contributed by atoms with Gasteiger partial charge in [0.25, 0.3) is 5.89 Å². The SMILES string of the molecule is O=C(Cc1csc(-c2ccccn2)n1)OCc1nc(-c2cccc(Br)c2)no1. The van der Waals surface area contributed by atoms with Crippen LogP contribution in [0.5, 0.6) is 0 Å². The van der Waals surface area contributed by atoms with Gasteiger partial charge in [0.05, 0.1) is 17.8 Å². The summed E-state index contributed by atoms with van der Waals surface area (Å²) in [5, 5.41) is 6.50. The van der Waals surface area contributed by atoms with Crippen molar-refractivity contribution in [1.82, 2.24) is 20.1 Å². The van der Waals surface area contributed by atoms with Crippen LogP contribution in [-0.4, -0.2) is 26.1 Å². The van der Waals surface area contributed by atoms with Crippen LogP contribution in [0.3, 0.4) is 0 Å². The van der Waals surface area contributed by atoms with Crippen molar-refractivity contribution in [2.24, 2.45) is 0 Å². The van der Waals surface area contributed by atoms with Crippen molar-refractivity contribution in [3.05, 3.63) is 70.1 Å². The molecule has 7 nitrogen and oxygen atoms in total. The van der Waals surface area contributed by atoms with Gasteiger partial charge in [0.1, 0.15) is 5.01 Å². The highest BCUT2D eigenvalue weighted by atomic mass is 79.9. The van der Waals surface area contributed by atoms with E-state index in [2.05, 4.69) is 36.0 Å². The smallest absolute Gasteiger partial charge is 0.312 e. The molecule has 0 saturated carbocycles. The number of esters is 1. The topological polar surface area (TPSA) is 91.0 Å². The first kappa shape index (κ1) is 18.5. The Balaban J connectivity index is 1.33. The zero-order chi connectivity index (χ0) is 19.3. The Morgan fingerprint density at radius 3 is 2.93 bits per heavy atom. The van der Waals surface area contributed by atoms with E-state index in [0.717, 1.165) is 20.7 Å². The first-order valence-corrected chi connectivity index (χ1v) is 9.94. The molecule has 28 heavy (non-hydrogen) atoms. The summed E-state index contributed by atoms with van der Waals surface area (Å²) < 4.78 is 11.3. The van der Waals surface area contributed by atoms with Crippen molar-refractivity contribution >= 4 is 33.2 Å². The van der Waals surface area contributed by atoms with Crippen LogP contribution in [0.25, 0.3) is 22.1 Å². The number of hydrogen-bond acceptors (Lipinski definition) is 8. The molecule has 4 rings (SSSR count). The Morgan fingerprint density at radius 1 is 1.18 bits per heavy atom. The third kappa shape index (κ3) is 4.49. The Hall–Kier alpha value is -2.91. The van der Waals surface area contributed by atoms with Gasteiger partial charge in [-0.15, -0.1) is 11.3 Å². The van der Waals surface area contributed by atoms with Crippen molar-refractivity contribution < 1.29 is 14.1 Å². The molecule has 9 heteroatoms. The maximum atomic E-state index is 12.1. The molecule has 0 radical (unpaired) electrons. The normalized spacial score (nSPS) is 10.8. The fourth-order valence-corrected chi connectivity index (χ4v) is 3.59.